The van der Waals surface area contributed by atoms with Crippen molar-refractivity contribution in [3.63, 3.8) is 0 Å². The second kappa shape index (κ2) is 12.8. The number of aryl methyl sites for hydroxylation is 1. The Bertz CT molecular complexity index is 1650. The first-order valence-electron chi connectivity index (χ1n) is 15.4. The molecule has 2 aromatic carbocycles. The molecule has 0 amide bonds. The molecule has 12 heteroatoms. The second-order valence-electron chi connectivity index (χ2n) is 12.0. The van der Waals surface area contributed by atoms with Gasteiger partial charge in [-0.15, -0.1) is 12.4 Å². The number of nitrogen functional groups attached to an aromatic ring is 1. The quantitative estimate of drug-likeness (QED) is 0.319. The summed E-state index contributed by atoms with van der Waals surface area (Å²) in [5.41, 5.74) is 9.00. The number of methoxy groups -OCH3 is 1. The molecule has 3 aliphatic rings. The van der Waals surface area contributed by atoms with Crippen molar-refractivity contribution in [2.75, 3.05) is 52.1 Å². The number of aromatic nitrogens is 4. The van der Waals surface area contributed by atoms with Gasteiger partial charge >= 0.3 is 5.69 Å². The molecule has 0 spiro atoms. The van der Waals surface area contributed by atoms with Gasteiger partial charge in [0.2, 0.25) is 0 Å². The van der Waals surface area contributed by atoms with Crippen LogP contribution in [0.5, 0.6) is 17.2 Å². The number of nitrogens with one attached hydrogen (secondary N) is 1. The van der Waals surface area contributed by atoms with E-state index in [1.807, 2.05) is 54.0 Å². The highest BCUT2D eigenvalue weighted by atomic mass is 35.5. The number of hydrogen-bond donors (Lipinski definition) is 2. The van der Waals surface area contributed by atoms with E-state index in [-0.39, 0.29) is 24.1 Å². The lowest BCUT2D eigenvalue weighted by molar-refractivity contribution is 0.0502. The number of likely N-dealkylation sites (tertiary alicyclic amines) is 2. The van der Waals surface area contributed by atoms with Crippen molar-refractivity contribution in [3.05, 3.63) is 64.8 Å². The lowest BCUT2D eigenvalue weighted by Gasteiger charge is -2.46. The lowest BCUT2D eigenvalue weighted by atomic mass is 9.96. The van der Waals surface area contributed by atoms with Gasteiger partial charge in [0.25, 0.3) is 0 Å². The molecule has 7 rings (SSSR count). The number of halogens is 1. The van der Waals surface area contributed by atoms with Gasteiger partial charge in [-0.1, -0.05) is 0 Å². The maximum Gasteiger partial charge on any atom is 0.335 e. The standard InChI is InChI=1S/C32H40N8O3.ClH/c1-21-17-24(3-8-28(21)43-27-6-4-26(42-2)5-7-27)39-29-30(33)35-20-36-31(29)40(32(39)41)23-11-15-37(16-12-23)22-9-13-38(14-10-22)25-18-34-19-25;/h3-8,17,20,22-23,25,34H,9-16,18-19H2,1-2H3,(H2,33,35,36);1H. The number of piperidine rings is 2. The molecule has 234 valence electrons. The molecule has 3 saturated heterocycles. The normalized spacial score (nSPS) is 19.0. The molecule has 0 radical (unpaired) electrons. The van der Waals surface area contributed by atoms with Crippen LogP contribution in [0.4, 0.5) is 5.82 Å². The minimum atomic E-state index is -0.133. The monoisotopic (exact) mass is 620 g/mol. The molecule has 0 aliphatic carbocycles. The molecule has 2 aromatic heterocycles. The summed E-state index contributed by atoms with van der Waals surface area (Å²) in [5.74, 6) is 2.47. The zero-order valence-corrected chi connectivity index (χ0v) is 26.1. The van der Waals surface area contributed by atoms with Crippen LogP contribution in [0.3, 0.4) is 0 Å². The maximum absolute atomic E-state index is 14.1. The van der Waals surface area contributed by atoms with Crippen LogP contribution in [-0.2, 0) is 0 Å². The van der Waals surface area contributed by atoms with Crippen LogP contribution < -0.4 is 26.2 Å². The average Bonchev–Trinajstić information content (AvgIpc) is 3.31. The van der Waals surface area contributed by atoms with E-state index in [0.717, 1.165) is 56.4 Å². The van der Waals surface area contributed by atoms with Gasteiger partial charge in [-0.2, -0.15) is 0 Å². The van der Waals surface area contributed by atoms with Crippen molar-refractivity contribution in [1.29, 1.82) is 0 Å². The third-order valence-electron chi connectivity index (χ3n) is 9.54. The summed E-state index contributed by atoms with van der Waals surface area (Å²) in [7, 11) is 1.64. The molecule has 5 heterocycles. The summed E-state index contributed by atoms with van der Waals surface area (Å²) in [6.07, 6.45) is 5.71. The van der Waals surface area contributed by atoms with Crippen LogP contribution >= 0.6 is 12.4 Å². The second-order valence-corrected chi connectivity index (χ2v) is 12.0. The number of imidazole rings is 1. The molecule has 0 saturated carbocycles. The number of anilines is 1. The molecule has 0 bridgehead atoms. The van der Waals surface area contributed by atoms with Gasteiger partial charge in [0, 0.05) is 57.4 Å². The Hall–Kier alpha value is -3.64. The van der Waals surface area contributed by atoms with Crippen LogP contribution in [-0.4, -0.2) is 87.4 Å². The zero-order chi connectivity index (χ0) is 29.5. The highest BCUT2D eigenvalue weighted by Gasteiger charge is 2.34. The number of rotatable bonds is 7. The summed E-state index contributed by atoms with van der Waals surface area (Å²) in [5, 5.41) is 3.40. The van der Waals surface area contributed by atoms with E-state index in [1.165, 1.54) is 32.3 Å². The predicted octanol–water partition coefficient (Wildman–Crippen LogP) is 3.77. The van der Waals surface area contributed by atoms with Gasteiger partial charge in [0.05, 0.1) is 12.8 Å². The summed E-state index contributed by atoms with van der Waals surface area (Å²) < 4.78 is 14.9. The summed E-state index contributed by atoms with van der Waals surface area (Å²) in [6, 6.07) is 14.6. The average molecular weight is 621 g/mol. The fraction of sp³-hybridized carbons (Fsp3) is 0.469. The third kappa shape index (κ3) is 5.65. The van der Waals surface area contributed by atoms with E-state index in [2.05, 4.69) is 25.1 Å². The Balaban J connectivity index is 0.00000343. The molecule has 3 fully saturated rings. The minimum Gasteiger partial charge on any atom is -0.497 e. The Morgan fingerprint density at radius 2 is 1.50 bits per heavy atom. The number of hydrogen-bond acceptors (Lipinski definition) is 9. The van der Waals surface area contributed by atoms with E-state index in [1.54, 1.807) is 11.7 Å². The third-order valence-corrected chi connectivity index (χ3v) is 9.54. The summed E-state index contributed by atoms with van der Waals surface area (Å²) >= 11 is 0. The zero-order valence-electron chi connectivity index (χ0n) is 25.3. The number of nitrogens with zero attached hydrogens (tertiary/aromatic N) is 6. The molecular weight excluding hydrogens is 580 g/mol. The first-order chi connectivity index (χ1) is 21.0. The van der Waals surface area contributed by atoms with Crippen molar-refractivity contribution < 1.29 is 9.47 Å². The molecule has 11 nitrogen and oxygen atoms in total. The molecule has 3 aliphatic heterocycles. The highest BCUT2D eigenvalue weighted by Crippen LogP contribution is 2.32. The minimum absolute atomic E-state index is 0. The topological polar surface area (TPSA) is 116 Å². The Kier molecular flexibility index (Phi) is 8.82. The largest absolute Gasteiger partial charge is 0.497 e. The number of ether oxygens (including phenoxy) is 2. The number of fused-ring (bicyclic) bond motifs is 1. The van der Waals surface area contributed by atoms with E-state index in [4.69, 9.17) is 15.2 Å². The van der Waals surface area contributed by atoms with Crippen molar-refractivity contribution >= 4 is 29.4 Å². The van der Waals surface area contributed by atoms with Gasteiger partial charge < -0.3 is 25.4 Å². The van der Waals surface area contributed by atoms with Crippen LogP contribution in [0.1, 0.15) is 37.3 Å². The fourth-order valence-electron chi connectivity index (χ4n) is 6.95. The number of benzene rings is 2. The smallest absolute Gasteiger partial charge is 0.335 e. The van der Waals surface area contributed by atoms with Gasteiger partial charge in [-0.3, -0.25) is 14.0 Å². The van der Waals surface area contributed by atoms with Crippen molar-refractivity contribution in [1.82, 2.24) is 34.2 Å². The van der Waals surface area contributed by atoms with Gasteiger partial charge in [0.15, 0.2) is 11.5 Å². The van der Waals surface area contributed by atoms with E-state index in [0.29, 0.717) is 40.2 Å². The lowest BCUT2D eigenvalue weighted by Crippen LogP contribution is -2.60. The van der Waals surface area contributed by atoms with Crippen molar-refractivity contribution in [2.45, 2.75) is 50.7 Å². The molecule has 0 unspecified atom stereocenters. The fourth-order valence-corrected chi connectivity index (χ4v) is 6.95. The Morgan fingerprint density at radius 3 is 2.11 bits per heavy atom. The highest BCUT2D eigenvalue weighted by molar-refractivity contribution is 5.85. The summed E-state index contributed by atoms with van der Waals surface area (Å²) in [4.78, 5) is 28.3. The van der Waals surface area contributed by atoms with Gasteiger partial charge in [-0.25, -0.2) is 14.8 Å². The van der Waals surface area contributed by atoms with Gasteiger partial charge in [0.1, 0.15) is 29.1 Å². The maximum atomic E-state index is 14.1. The number of nitrogens with two attached hydrogens (primary N) is 1. The predicted molar refractivity (Wildman–Crippen MR) is 174 cm³/mol. The van der Waals surface area contributed by atoms with Crippen LogP contribution in [0.2, 0.25) is 0 Å². The van der Waals surface area contributed by atoms with Gasteiger partial charge in [-0.05, 0) is 80.6 Å². The Labute approximate surface area is 263 Å². The molecule has 4 aromatic rings. The first kappa shape index (κ1) is 30.4. The van der Waals surface area contributed by atoms with E-state index < -0.39 is 0 Å². The van der Waals surface area contributed by atoms with E-state index in [9.17, 15) is 4.79 Å². The first-order valence-corrected chi connectivity index (χ1v) is 15.4. The summed E-state index contributed by atoms with van der Waals surface area (Å²) in [6.45, 7) is 8.57. The molecular formula is C32H41ClN8O3. The SMILES string of the molecule is COc1ccc(Oc2ccc(-n3c(=O)n(C4CCN(C5CCN(C6CNC6)CC5)CC4)c4ncnc(N)c43)cc2C)cc1.Cl. The molecule has 0 atom stereocenters. The van der Waals surface area contributed by atoms with Crippen molar-refractivity contribution in [3.8, 4) is 22.9 Å². The van der Waals surface area contributed by atoms with Crippen LogP contribution in [0, 0.1) is 6.92 Å². The van der Waals surface area contributed by atoms with E-state index >= 15 is 0 Å². The Morgan fingerprint density at radius 1 is 0.864 bits per heavy atom. The molecule has 44 heavy (non-hydrogen) atoms. The molecule has 3 N–H and O–H groups in total. The van der Waals surface area contributed by atoms with Crippen LogP contribution in [0.15, 0.2) is 53.6 Å². The van der Waals surface area contributed by atoms with Crippen molar-refractivity contribution in [2.24, 2.45) is 0 Å². The van der Waals surface area contributed by atoms with Crippen LogP contribution in [0.25, 0.3) is 16.9 Å².